The third-order valence-corrected chi connectivity index (χ3v) is 5.48. The Morgan fingerprint density at radius 1 is 1.32 bits per heavy atom. The van der Waals surface area contributed by atoms with E-state index >= 15 is 0 Å². The number of benzene rings is 1. The number of methoxy groups -OCH3 is 1. The fraction of sp³-hybridized carbons (Fsp3) is 0.211. The second-order valence-electron chi connectivity index (χ2n) is 6.47. The van der Waals surface area contributed by atoms with Crippen molar-refractivity contribution >= 4 is 50.8 Å². The Labute approximate surface area is 164 Å². The molecular formula is C19H16N4O4S. The standard InChI is InChI=1S/C19H16N4O4S/c1-9(2)18-22-23-16(20)12(17(25)21-19(23)28-18)7-10-8-27-15-11(14(10)24)5-4-6-13(15)26-3/h4-9,20H,1-3H3. The summed E-state index contributed by atoms with van der Waals surface area (Å²) in [6.07, 6.45) is 2.57. The number of amidine groups is 2. The maximum absolute atomic E-state index is 12.8. The van der Waals surface area contributed by atoms with Gasteiger partial charge in [0.15, 0.2) is 22.6 Å². The molecule has 0 radical (unpaired) electrons. The molecule has 28 heavy (non-hydrogen) atoms. The Balaban J connectivity index is 1.80. The minimum atomic E-state index is -0.589. The lowest BCUT2D eigenvalue weighted by molar-refractivity contribution is -0.114. The normalized spacial score (nSPS) is 18.0. The number of amides is 1. The molecule has 0 fully saturated rings. The highest BCUT2D eigenvalue weighted by Crippen LogP contribution is 2.31. The van der Waals surface area contributed by atoms with Gasteiger partial charge in [0.25, 0.3) is 5.91 Å². The smallest absolute Gasteiger partial charge is 0.283 e. The van der Waals surface area contributed by atoms with Crippen LogP contribution in [-0.2, 0) is 4.79 Å². The molecule has 1 aromatic carbocycles. The number of hydrogen-bond donors (Lipinski definition) is 1. The Kier molecular flexibility index (Phi) is 4.38. The van der Waals surface area contributed by atoms with E-state index in [-0.39, 0.29) is 28.3 Å². The van der Waals surface area contributed by atoms with Crippen LogP contribution in [0.2, 0.25) is 0 Å². The van der Waals surface area contributed by atoms with Crippen molar-refractivity contribution in [3.63, 3.8) is 0 Å². The highest BCUT2D eigenvalue weighted by atomic mass is 32.2. The Morgan fingerprint density at radius 2 is 2.11 bits per heavy atom. The SMILES string of the molecule is COc1cccc2c(=O)c(C=C3C(=N)N4N=C(C(C)C)SC4=NC3=O)coc12. The maximum Gasteiger partial charge on any atom is 0.283 e. The number of hydrazone groups is 1. The zero-order chi connectivity index (χ0) is 20.0. The number of rotatable bonds is 3. The number of ether oxygens (including phenoxy) is 1. The van der Waals surface area contributed by atoms with Crippen molar-refractivity contribution in [2.45, 2.75) is 13.8 Å². The van der Waals surface area contributed by atoms with E-state index in [0.717, 1.165) is 5.04 Å². The van der Waals surface area contributed by atoms with Crippen LogP contribution in [0.4, 0.5) is 0 Å². The van der Waals surface area contributed by atoms with Crippen LogP contribution in [0.5, 0.6) is 5.75 Å². The second-order valence-corrected chi connectivity index (χ2v) is 7.46. The molecule has 3 heterocycles. The first-order valence-corrected chi connectivity index (χ1v) is 9.31. The lowest BCUT2D eigenvalue weighted by Crippen LogP contribution is -2.35. The summed E-state index contributed by atoms with van der Waals surface area (Å²) in [4.78, 5) is 29.3. The number of para-hydroxylation sites is 1. The lowest BCUT2D eigenvalue weighted by atomic mass is 10.1. The Hall–Kier alpha value is -3.20. The first-order valence-electron chi connectivity index (χ1n) is 8.49. The zero-order valence-electron chi connectivity index (χ0n) is 15.3. The largest absolute Gasteiger partial charge is 0.493 e. The van der Waals surface area contributed by atoms with Crippen LogP contribution in [0.1, 0.15) is 19.4 Å². The van der Waals surface area contributed by atoms with Crippen LogP contribution in [0.3, 0.4) is 0 Å². The van der Waals surface area contributed by atoms with Crippen LogP contribution < -0.4 is 10.2 Å². The molecule has 142 valence electrons. The molecule has 1 N–H and O–H groups in total. The first kappa shape index (κ1) is 18.2. The van der Waals surface area contributed by atoms with E-state index in [4.69, 9.17) is 14.6 Å². The van der Waals surface area contributed by atoms with Gasteiger partial charge in [0.2, 0.25) is 5.17 Å². The summed E-state index contributed by atoms with van der Waals surface area (Å²) in [5.41, 5.74) is 0.120. The van der Waals surface area contributed by atoms with Gasteiger partial charge in [-0.2, -0.15) is 15.1 Å². The van der Waals surface area contributed by atoms with Gasteiger partial charge in [-0.1, -0.05) is 19.9 Å². The topological polar surface area (TPSA) is 108 Å². The molecule has 4 rings (SSSR count). The van der Waals surface area contributed by atoms with E-state index in [9.17, 15) is 9.59 Å². The molecule has 9 heteroatoms. The van der Waals surface area contributed by atoms with E-state index in [1.807, 2.05) is 13.8 Å². The van der Waals surface area contributed by atoms with Crippen LogP contribution in [0, 0.1) is 11.3 Å². The number of aliphatic imine (C=N–C) groups is 1. The van der Waals surface area contributed by atoms with E-state index in [0.29, 0.717) is 21.9 Å². The minimum absolute atomic E-state index is 0.0207. The summed E-state index contributed by atoms with van der Waals surface area (Å²) in [5.74, 6) is -0.122. The molecule has 0 bridgehead atoms. The molecule has 0 unspecified atom stereocenters. The van der Waals surface area contributed by atoms with Gasteiger partial charge in [-0.3, -0.25) is 15.0 Å². The van der Waals surface area contributed by atoms with Gasteiger partial charge >= 0.3 is 0 Å². The van der Waals surface area contributed by atoms with Gasteiger partial charge in [0.1, 0.15) is 11.3 Å². The van der Waals surface area contributed by atoms with Gasteiger partial charge in [-0.25, -0.2) is 0 Å². The first-order chi connectivity index (χ1) is 13.4. The van der Waals surface area contributed by atoms with Gasteiger partial charge < -0.3 is 9.15 Å². The summed E-state index contributed by atoms with van der Waals surface area (Å²) in [6.45, 7) is 3.95. The molecule has 0 spiro atoms. The summed E-state index contributed by atoms with van der Waals surface area (Å²) in [7, 11) is 1.49. The number of nitrogens with zero attached hydrogens (tertiary/aromatic N) is 3. The maximum atomic E-state index is 12.8. The Morgan fingerprint density at radius 3 is 2.82 bits per heavy atom. The number of hydrogen-bond acceptors (Lipinski definition) is 7. The van der Waals surface area contributed by atoms with Crippen molar-refractivity contribution in [2.24, 2.45) is 16.0 Å². The van der Waals surface area contributed by atoms with Crippen LogP contribution in [0.25, 0.3) is 17.0 Å². The van der Waals surface area contributed by atoms with E-state index in [1.165, 1.54) is 36.2 Å². The third kappa shape index (κ3) is 2.84. The predicted octanol–water partition coefficient (Wildman–Crippen LogP) is 3.08. The minimum Gasteiger partial charge on any atom is -0.493 e. The van der Waals surface area contributed by atoms with Crippen molar-refractivity contribution in [1.82, 2.24) is 5.01 Å². The van der Waals surface area contributed by atoms with Gasteiger partial charge in [0.05, 0.1) is 23.6 Å². The Bertz CT molecular complexity index is 1180. The average Bonchev–Trinajstić information content (AvgIpc) is 3.11. The summed E-state index contributed by atoms with van der Waals surface area (Å²) >= 11 is 1.27. The summed E-state index contributed by atoms with van der Waals surface area (Å²) in [6, 6.07) is 4.99. The molecule has 2 aliphatic heterocycles. The highest BCUT2D eigenvalue weighted by Gasteiger charge is 2.36. The molecule has 0 atom stereocenters. The quantitative estimate of drug-likeness (QED) is 0.799. The van der Waals surface area contributed by atoms with E-state index in [2.05, 4.69) is 10.1 Å². The van der Waals surface area contributed by atoms with Crippen molar-refractivity contribution < 1.29 is 13.9 Å². The monoisotopic (exact) mass is 396 g/mol. The summed E-state index contributed by atoms with van der Waals surface area (Å²) in [5, 5.41) is 15.5. The predicted molar refractivity (Wildman–Crippen MR) is 109 cm³/mol. The number of fused-ring (bicyclic) bond motifs is 2. The molecule has 1 aromatic heterocycles. The molecule has 1 amide bonds. The number of carbonyl (C=O) groups excluding carboxylic acids is 1. The van der Waals surface area contributed by atoms with Crippen molar-refractivity contribution in [3.8, 4) is 5.75 Å². The number of nitrogens with one attached hydrogen (secondary N) is 1. The number of thioether (sulfide) groups is 1. The fourth-order valence-electron chi connectivity index (χ4n) is 2.80. The van der Waals surface area contributed by atoms with Gasteiger partial charge in [-0.15, -0.1) is 0 Å². The zero-order valence-corrected chi connectivity index (χ0v) is 16.2. The van der Waals surface area contributed by atoms with Crippen LogP contribution in [0.15, 0.2) is 49.3 Å². The molecule has 2 aliphatic rings. The van der Waals surface area contributed by atoms with E-state index in [1.54, 1.807) is 18.2 Å². The summed E-state index contributed by atoms with van der Waals surface area (Å²) < 4.78 is 10.8. The van der Waals surface area contributed by atoms with Gasteiger partial charge in [-0.05, 0) is 30.0 Å². The molecule has 8 nitrogen and oxygen atoms in total. The highest BCUT2D eigenvalue weighted by molar-refractivity contribution is 8.27. The van der Waals surface area contributed by atoms with Crippen molar-refractivity contribution in [1.29, 1.82) is 5.41 Å². The molecular weight excluding hydrogens is 380 g/mol. The third-order valence-electron chi connectivity index (χ3n) is 4.27. The molecule has 0 saturated carbocycles. The molecule has 2 aromatic rings. The second kappa shape index (κ2) is 6.75. The fourth-order valence-corrected chi connectivity index (χ4v) is 3.70. The molecule has 0 aliphatic carbocycles. The van der Waals surface area contributed by atoms with Crippen molar-refractivity contribution in [2.75, 3.05) is 7.11 Å². The van der Waals surface area contributed by atoms with Crippen LogP contribution >= 0.6 is 11.8 Å². The van der Waals surface area contributed by atoms with Crippen molar-refractivity contribution in [3.05, 3.63) is 45.8 Å². The average molecular weight is 396 g/mol. The number of carbonyl (C=O) groups is 1. The van der Waals surface area contributed by atoms with E-state index < -0.39 is 5.91 Å². The van der Waals surface area contributed by atoms with Crippen LogP contribution in [-0.4, -0.2) is 34.1 Å². The lowest BCUT2D eigenvalue weighted by Gasteiger charge is -2.20. The molecule has 0 saturated heterocycles. The van der Waals surface area contributed by atoms with Gasteiger partial charge in [0, 0.05) is 5.92 Å².